The molecule has 150 valence electrons. The number of nitrogens with one attached hydrogen (secondary N) is 1. The Bertz CT molecular complexity index is 775. The van der Waals surface area contributed by atoms with Crippen LogP contribution in [0.1, 0.15) is 26.3 Å². The number of amides is 1. The number of ether oxygens (including phenoxy) is 4. The van der Waals surface area contributed by atoms with Gasteiger partial charge in [0.1, 0.15) is 11.5 Å². The molecule has 28 heavy (non-hydrogen) atoms. The Labute approximate surface area is 165 Å². The Kier molecular flexibility index (Phi) is 8.65. The lowest BCUT2D eigenvalue weighted by molar-refractivity contribution is -0.123. The van der Waals surface area contributed by atoms with Crippen LogP contribution in [-0.2, 0) is 4.79 Å². The molecule has 0 fully saturated rings. The van der Waals surface area contributed by atoms with Crippen LogP contribution in [0.25, 0.3) is 0 Å². The van der Waals surface area contributed by atoms with Crippen LogP contribution in [-0.4, -0.2) is 38.5 Å². The fraction of sp³-hybridized carbons (Fsp3) is 0.333. The molecule has 0 atom stereocenters. The second-order valence-corrected chi connectivity index (χ2v) is 5.56. The van der Waals surface area contributed by atoms with Gasteiger partial charge in [0.05, 0.1) is 26.0 Å². The largest absolute Gasteiger partial charge is 0.494 e. The maximum Gasteiger partial charge on any atom is 0.277 e. The smallest absolute Gasteiger partial charge is 0.277 e. The number of hydrogen-bond acceptors (Lipinski definition) is 6. The predicted octanol–water partition coefficient (Wildman–Crippen LogP) is 3.41. The van der Waals surface area contributed by atoms with Gasteiger partial charge in [-0.2, -0.15) is 5.10 Å². The molecule has 0 aromatic heterocycles. The van der Waals surface area contributed by atoms with E-state index in [-0.39, 0.29) is 12.5 Å². The number of rotatable bonds is 11. The molecule has 0 saturated carbocycles. The van der Waals surface area contributed by atoms with E-state index < -0.39 is 0 Å². The van der Waals surface area contributed by atoms with Crippen LogP contribution in [0.2, 0.25) is 0 Å². The van der Waals surface area contributed by atoms with Crippen molar-refractivity contribution in [1.29, 1.82) is 0 Å². The number of carbonyl (C=O) groups is 1. The summed E-state index contributed by atoms with van der Waals surface area (Å²) in [5.74, 6) is 2.29. The van der Waals surface area contributed by atoms with Gasteiger partial charge in [-0.25, -0.2) is 5.43 Å². The van der Waals surface area contributed by atoms with E-state index in [1.54, 1.807) is 30.3 Å². The van der Waals surface area contributed by atoms with Crippen LogP contribution in [0.4, 0.5) is 0 Å². The number of hydrogen-bond donors (Lipinski definition) is 1. The maximum atomic E-state index is 11.9. The molecule has 7 nitrogen and oxygen atoms in total. The standard InChI is InChI=1S/C21H26N2O5/c1-4-25-17-8-10-18(11-9-17)28-15-21(24)23-22-14-16-7-12-19(26-5-2)20(13-16)27-6-3/h7-14H,4-6,15H2,1-3H3,(H,23,24)/b22-14+. The summed E-state index contributed by atoms with van der Waals surface area (Å²) < 4.78 is 21.9. The second-order valence-electron chi connectivity index (χ2n) is 5.56. The van der Waals surface area contributed by atoms with Crippen molar-refractivity contribution in [3.05, 3.63) is 48.0 Å². The molecule has 0 aliphatic rings. The summed E-state index contributed by atoms with van der Waals surface area (Å²) in [6.07, 6.45) is 1.53. The molecule has 7 heteroatoms. The van der Waals surface area contributed by atoms with Gasteiger partial charge in [0.15, 0.2) is 18.1 Å². The molecule has 1 amide bonds. The molecular weight excluding hydrogens is 360 g/mol. The maximum absolute atomic E-state index is 11.9. The zero-order valence-electron chi connectivity index (χ0n) is 16.4. The van der Waals surface area contributed by atoms with Gasteiger partial charge >= 0.3 is 0 Å². The SMILES string of the molecule is CCOc1ccc(OCC(=O)N/N=C/c2ccc(OCC)c(OCC)c2)cc1. The molecule has 0 aliphatic carbocycles. The van der Waals surface area contributed by atoms with Crippen LogP contribution in [0.5, 0.6) is 23.0 Å². The first-order chi connectivity index (χ1) is 13.7. The first-order valence-corrected chi connectivity index (χ1v) is 9.23. The molecular formula is C21H26N2O5. The van der Waals surface area contributed by atoms with Crippen LogP contribution < -0.4 is 24.4 Å². The molecule has 0 saturated heterocycles. The zero-order valence-corrected chi connectivity index (χ0v) is 16.4. The molecule has 0 spiro atoms. The first-order valence-electron chi connectivity index (χ1n) is 9.23. The fourth-order valence-electron chi connectivity index (χ4n) is 2.31. The monoisotopic (exact) mass is 386 g/mol. The molecule has 2 aromatic rings. The first kappa shape index (κ1) is 21.1. The summed E-state index contributed by atoms with van der Waals surface area (Å²) in [5.41, 5.74) is 3.21. The highest BCUT2D eigenvalue weighted by Crippen LogP contribution is 2.28. The Morgan fingerprint density at radius 3 is 2.11 bits per heavy atom. The van der Waals surface area contributed by atoms with Crippen LogP contribution >= 0.6 is 0 Å². The summed E-state index contributed by atoms with van der Waals surface area (Å²) in [4.78, 5) is 11.9. The van der Waals surface area contributed by atoms with Crippen molar-refractivity contribution in [2.75, 3.05) is 26.4 Å². The summed E-state index contributed by atoms with van der Waals surface area (Å²) in [5, 5.41) is 3.95. The van der Waals surface area contributed by atoms with Crippen LogP contribution in [0.3, 0.4) is 0 Å². The van der Waals surface area contributed by atoms with E-state index in [1.807, 2.05) is 32.9 Å². The van der Waals surface area contributed by atoms with Crippen molar-refractivity contribution in [3.8, 4) is 23.0 Å². The van der Waals surface area contributed by atoms with Crippen molar-refractivity contribution >= 4 is 12.1 Å². The van der Waals surface area contributed by atoms with Gasteiger partial charge in [0.25, 0.3) is 5.91 Å². The second kappa shape index (κ2) is 11.5. The lowest BCUT2D eigenvalue weighted by Gasteiger charge is -2.11. The minimum absolute atomic E-state index is 0.140. The summed E-state index contributed by atoms with van der Waals surface area (Å²) in [6.45, 7) is 7.27. The molecule has 2 aromatic carbocycles. The number of hydrazone groups is 1. The lowest BCUT2D eigenvalue weighted by Crippen LogP contribution is -2.24. The third-order valence-corrected chi connectivity index (χ3v) is 3.47. The molecule has 0 radical (unpaired) electrons. The Morgan fingerprint density at radius 2 is 1.46 bits per heavy atom. The van der Waals surface area contributed by atoms with E-state index in [0.29, 0.717) is 37.1 Å². The average molecular weight is 386 g/mol. The number of benzene rings is 2. The average Bonchev–Trinajstić information content (AvgIpc) is 2.70. The highest BCUT2D eigenvalue weighted by atomic mass is 16.5. The van der Waals surface area contributed by atoms with Gasteiger partial charge in [-0.1, -0.05) is 0 Å². The van der Waals surface area contributed by atoms with E-state index in [0.717, 1.165) is 11.3 Å². The summed E-state index contributed by atoms with van der Waals surface area (Å²) in [6, 6.07) is 12.5. The van der Waals surface area contributed by atoms with Gasteiger partial charge in [0.2, 0.25) is 0 Å². The minimum atomic E-state index is -0.360. The minimum Gasteiger partial charge on any atom is -0.494 e. The van der Waals surface area contributed by atoms with E-state index in [4.69, 9.17) is 18.9 Å². The van der Waals surface area contributed by atoms with E-state index in [2.05, 4.69) is 10.5 Å². The lowest BCUT2D eigenvalue weighted by atomic mass is 10.2. The Hall–Kier alpha value is -3.22. The highest BCUT2D eigenvalue weighted by molar-refractivity contribution is 5.83. The molecule has 1 N–H and O–H groups in total. The zero-order chi connectivity index (χ0) is 20.2. The number of carbonyl (C=O) groups excluding carboxylic acids is 1. The fourth-order valence-corrected chi connectivity index (χ4v) is 2.31. The van der Waals surface area contributed by atoms with Crippen molar-refractivity contribution in [1.82, 2.24) is 5.43 Å². The van der Waals surface area contributed by atoms with Gasteiger partial charge in [-0.3, -0.25) is 4.79 Å². The Morgan fingerprint density at radius 1 is 0.857 bits per heavy atom. The third kappa shape index (κ3) is 6.83. The summed E-state index contributed by atoms with van der Waals surface area (Å²) in [7, 11) is 0. The highest BCUT2D eigenvalue weighted by Gasteiger charge is 2.06. The van der Waals surface area contributed by atoms with Gasteiger partial charge in [-0.15, -0.1) is 0 Å². The van der Waals surface area contributed by atoms with Gasteiger partial charge in [-0.05, 0) is 68.8 Å². The summed E-state index contributed by atoms with van der Waals surface area (Å²) >= 11 is 0. The normalized spacial score (nSPS) is 10.5. The molecule has 0 heterocycles. The van der Waals surface area contributed by atoms with Crippen molar-refractivity contribution in [2.24, 2.45) is 5.10 Å². The molecule has 0 bridgehead atoms. The van der Waals surface area contributed by atoms with Crippen molar-refractivity contribution < 1.29 is 23.7 Å². The Balaban J connectivity index is 1.84. The van der Waals surface area contributed by atoms with Crippen molar-refractivity contribution in [2.45, 2.75) is 20.8 Å². The van der Waals surface area contributed by atoms with Crippen LogP contribution in [0.15, 0.2) is 47.6 Å². The quantitative estimate of drug-likeness (QED) is 0.473. The third-order valence-electron chi connectivity index (χ3n) is 3.47. The van der Waals surface area contributed by atoms with Crippen molar-refractivity contribution in [3.63, 3.8) is 0 Å². The van der Waals surface area contributed by atoms with E-state index in [9.17, 15) is 4.79 Å². The molecule has 2 rings (SSSR count). The van der Waals surface area contributed by atoms with Gasteiger partial charge in [0, 0.05) is 0 Å². The molecule has 0 unspecified atom stereocenters. The topological polar surface area (TPSA) is 78.4 Å². The predicted molar refractivity (Wildman–Crippen MR) is 108 cm³/mol. The number of nitrogens with zero attached hydrogens (tertiary/aromatic N) is 1. The molecule has 0 aliphatic heterocycles. The van der Waals surface area contributed by atoms with E-state index >= 15 is 0 Å². The van der Waals surface area contributed by atoms with E-state index in [1.165, 1.54) is 6.21 Å². The van der Waals surface area contributed by atoms with Crippen LogP contribution in [0, 0.1) is 0 Å². The van der Waals surface area contributed by atoms with Gasteiger partial charge < -0.3 is 18.9 Å².